The Morgan fingerprint density at radius 2 is 1.84 bits per heavy atom. The third-order valence-corrected chi connectivity index (χ3v) is 3.58. The van der Waals surface area contributed by atoms with E-state index in [0.29, 0.717) is 30.3 Å². The molecule has 0 saturated carbocycles. The van der Waals surface area contributed by atoms with E-state index in [1.165, 1.54) is 0 Å². The first-order valence-corrected chi connectivity index (χ1v) is 6.31. The van der Waals surface area contributed by atoms with Crippen molar-refractivity contribution in [1.82, 2.24) is 0 Å². The summed E-state index contributed by atoms with van der Waals surface area (Å²) in [6, 6.07) is 5.19. The number of carbonyl (C=O) groups is 1. The zero-order chi connectivity index (χ0) is 14.0. The summed E-state index contributed by atoms with van der Waals surface area (Å²) in [5, 5.41) is 19.2. The number of ether oxygens (including phenoxy) is 2. The zero-order valence-electron chi connectivity index (χ0n) is 11.0. The van der Waals surface area contributed by atoms with Crippen LogP contribution in [0.5, 0.6) is 11.5 Å². The molecule has 1 aromatic rings. The molecule has 19 heavy (non-hydrogen) atoms. The molecular formula is C14H18O5. The number of carboxylic acid groups (broad SMARTS) is 1. The summed E-state index contributed by atoms with van der Waals surface area (Å²) in [7, 11) is 0. The van der Waals surface area contributed by atoms with E-state index in [9.17, 15) is 9.90 Å². The normalized spacial score (nSPS) is 18.5. The molecule has 0 saturated heterocycles. The first kappa shape index (κ1) is 13.7. The van der Waals surface area contributed by atoms with Crippen LogP contribution < -0.4 is 9.47 Å². The zero-order valence-corrected chi connectivity index (χ0v) is 11.0. The lowest BCUT2D eigenvalue weighted by atomic mass is 9.87. The van der Waals surface area contributed by atoms with Gasteiger partial charge < -0.3 is 19.7 Å². The summed E-state index contributed by atoms with van der Waals surface area (Å²) in [5.41, 5.74) is 0.643. The lowest BCUT2D eigenvalue weighted by Gasteiger charge is -2.24. The molecule has 1 heterocycles. The molecule has 2 N–H and O–H groups in total. The Morgan fingerprint density at radius 3 is 2.47 bits per heavy atom. The molecule has 0 amide bonds. The fourth-order valence-electron chi connectivity index (χ4n) is 2.05. The van der Waals surface area contributed by atoms with Crippen molar-refractivity contribution >= 4 is 5.97 Å². The first-order chi connectivity index (χ1) is 9.00. The Balaban J connectivity index is 2.19. The number of carboxylic acids is 1. The summed E-state index contributed by atoms with van der Waals surface area (Å²) in [4.78, 5) is 11.0. The van der Waals surface area contributed by atoms with Gasteiger partial charge in [-0.25, -0.2) is 0 Å². The van der Waals surface area contributed by atoms with Crippen molar-refractivity contribution in [3.05, 3.63) is 23.8 Å². The molecule has 1 aliphatic rings. The predicted octanol–water partition coefficient (Wildman–Crippen LogP) is 1.85. The lowest BCUT2D eigenvalue weighted by molar-refractivity contribution is -0.144. The van der Waals surface area contributed by atoms with Crippen molar-refractivity contribution in [3.8, 4) is 11.5 Å². The molecule has 0 fully saturated rings. The van der Waals surface area contributed by atoms with E-state index in [2.05, 4.69) is 0 Å². The third-order valence-electron chi connectivity index (χ3n) is 3.58. The van der Waals surface area contributed by atoms with Crippen LogP contribution in [0.1, 0.15) is 25.5 Å². The Kier molecular flexibility index (Phi) is 3.95. The van der Waals surface area contributed by atoms with E-state index in [4.69, 9.17) is 14.6 Å². The maximum Gasteiger partial charge on any atom is 0.306 e. The molecule has 0 spiro atoms. The van der Waals surface area contributed by atoms with Crippen molar-refractivity contribution < 1.29 is 24.5 Å². The molecule has 0 aromatic heterocycles. The summed E-state index contributed by atoms with van der Waals surface area (Å²) in [6.45, 7) is 4.31. The number of fused-ring (bicyclic) bond motifs is 1. The third kappa shape index (κ3) is 2.81. The van der Waals surface area contributed by atoms with Crippen molar-refractivity contribution in [3.63, 3.8) is 0 Å². The van der Waals surface area contributed by atoms with Gasteiger partial charge in [0.2, 0.25) is 0 Å². The van der Waals surface area contributed by atoms with E-state index in [1.807, 2.05) is 0 Å². The summed E-state index contributed by atoms with van der Waals surface area (Å²) >= 11 is 0. The molecule has 3 unspecified atom stereocenters. The molecule has 0 radical (unpaired) electrons. The van der Waals surface area contributed by atoms with Gasteiger partial charge in [0.05, 0.1) is 12.0 Å². The molecule has 104 valence electrons. The van der Waals surface area contributed by atoms with Gasteiger partial charge >= 0.3 is 5.97 Å². The van der Waals surface area contributed by atoms with Gasteiger partial charge in [0.1, 0.15) is 13.2 Å². The van der Waals surface area contributed by atoms with Crippen LogP contribution in [-0.2, 0) is 4.79 Å². The number of aliphatic hydroxyl groups excluding tert-OH is 1. The van der Waals surface area contributed by atoms with Gasteiger partial charge in [-0.1, -0.05) is 19.9 Å². The summed E-state index contributed by atoms with van der Waals surface area (Å²) in [5.74, 6) is -0.675. The minimum Gasteiger partial charge on any atom is -0.486 e. The Labute approximate surface area is 111 Å². The van der Waals surface area contributed by atoms with Crippen LogP contribution in [0.4, 0.5) is 0 Å². The average molecular weight is 266 g/mol. The van der Waals surface area contributed by atoms with Crippen molar-refractivity contribution in [1.29, 1.82) is 0 Å². The van der Waals surface area contributed by atoms with Crippen LogP contribution in [0.2, 0.25) is 0 Å². The molecule has 5 heteroatoms. The summed E-state index contributed by atoms with van der Waals surface area (Å²) < 4.78 is 10.9. The average Bonchev–Trinajstić information content (AvgIpc) is 2.44. The van der Waals surface area contributed by atoms with Crippen LogP contribution >= 0.6 is 0 Å². The van der Waals surface area contributed by atoms with Crippen LogP contribution in [0.25, 0.3) is 0 Å². The second kappa shape index (κ2) is 5.48. The van der Waals surface area contributed by atoms with E-state index in [0.717, 1.165) is 0 Å². The highest BCUT2D eigenvalue weighted by Crippen LogP contribution is 2.35. The van der Waals surface area contributed by atoms with Crippen molar-refractivity contribution in [2.45, 2.75) is 20.0 Å². The van der Waals surface area contributed by atoms with E-state index in [-0.39, 0.29) is 5.92 Å². The van der Waals surface area contributed by atoms with Gasteiger partial charge in [-0.2, -0.15) is 0 Å². The van der Waals surface area contributed by atoms with Gasteiger partial charge in [0, 0.05) is 0 Å². The topological polar surface area (TPSA) is 76.0 Å². The van der Waals surface area contributed by atoms with Crippen LogP contribution in [-0.4, -0.2) is 29.4 Å². The molecule has 1 aliphatic heterocycles. The smallest absolute Gasteiger partial charge is 0.306 e. The molecular weight excluding hydrogens is 248 g/mol. The minimum atomic E-state index is -0.913. The number of rotatable bonds is 4. The maximum absolute atomic E-state index is 11.0. The van der Waals surface area contributed by atoms with Crippen LogP contribution in [0, 0.1) is 11.8 Å². The molecule has 0 bridgehead atoms. The van der Waals surface area contributed by atoms with E-state index < -0.39 is 18.0 Å². The van der Waals surface area contributed by atoms with E-state index in [1.54, 1.807) is 32.0 Å². The number of hydrogen-bond acceptors (Lipinski definition) is 4. The quantitative estimate of drug-likeness (QED) is 0.869. The number of benzene rings is 1. The van der Waals surface area contributed by atoms with Gasteiger partial charge in [-0.3, -0.25) is 4.79 Å². The highest BCUT2D eigenvalue weighted by Gasteiger charge is 2.28. The van der Waals surface area contributed by atoms with Crippen molar-refractivity contribution in [2.24, 2.45) is 11.8 Å². The largest absolute Gasteiger partial charge is 0.486 e. The number of aliphatic hydroxyl groups is 1. The van der Waals surface area contributed by atoms with Crippen LogP contribution in [0.15, 0.2) is 18.2 Å². The monoisotopic (exact) mass is 266 g/mol. The van der Waals surface area contributed by atoms with Gasteiger partial charge in [-0.05, 0) is 23.6 Å². The number of hydrogen-bond donors (Lipinski definition) is 2. The maximum atomic E-state index is 11.0. The highest BCUT2D eigenvalue weighted by atomic mass is 16.6. The Hall–Kier alpha value is -1.75. The minimum absolute atomic E-state index is 0.389. The second-order valence-electron chi connectivity index (χ2n) is 4.83. The molecule has 2 rings (SSSR count). The van der Waals surface area contributed by atoms with Crippen LogP contribution in [0.3, 0.4) is 0 Å². The molecule has 1 aromatic carbocycles. The standard InChI is InChI=1S/C14H18O5/c1-8(9(2)14(16)17)13(15)10-3-4-11-12(7-10)19-6-5-18-11/h3-4,7-9,13,15H,5-6H2,1-2H3,(H,16,17). The fourth-order valence-corrected chi connectivity index (χ4v) is 2.05. The Morgan fingerprint density at radius 1 is 1.21 bits per heavy atom. The Bertz CT molecular complexity index is 471. The van der Waals surface area contributed by atoms with Gasteiger partial charge in [-0.15, -0.1) is 0 Å². The lowest BCUT2D eigenvalue weighted by Crippen LogP contribution is -2.24. The molecule has 0 aliphatic carbocycles. The second-order valence-corrected chi connectivity index (χ2v) is 4.83. The fraction of sp³-hybridized carbons (Fsp3) is 0.500. The first-order valence-electron chi connectivity index (χ1n) is 6.31. The van der Waals surface area contributed by atoms with E-state index >= 15 is 0 Å². The predicted molar refractivity (Wildman–Crippen MR) is 68.4 cm³/mol. The van der Waals surface area contributed by atoms with Gasteiger partial charge in [0.25, 0.3) is 0 Å². The highest BCUT2D eigenvalue weighted by molar-refractivity contribution is 5.70. The molecule has 5 nitrogen and oxygen atoms in total. The number of aliphatic carboxylic acids is 1. The van der Waals surface area contributed by atoms with Crippen molar-refractivity contribution in [2.75, 3.05) is 13.2 Å². The SMILES string of the molecule is CC(C(=O)O)C(C)C(O)c1ccc2c(c1)OCCO2. The van der Waals surface area contributed by atoms with Gasteiger partial charge in [0.15, 0.2) is 11.5 Å². The molecule has 3 atom stereocenters. The summed E-state index contributed by atoms with van der Waals surface area (Å²) in [6.07, 6.45) is -0.845.